The Morgan fingerprint density at radius 2 is 0.587 bits per heavy atom. The van der Waals surface area contributed by atoms with E-state index < -0.39 is 0 Å². The van der Waals surface area contributed by atoms with Gasteiger partial charge in [-0.2, -0.15) is 10.5 Å². The van der Waals surface area contributed by atoms with E-state index in [-0.39, 0.29) is 0 Å². The number of nitrogens with zero attached hydrogens (tertiary/aromatic N) is 5. The van der Waals surface area contributed by atoms with Crippen molar-refractivity contribution in [2.24, 2.45) is 0 Å². The lowest BCUT2D eigenvalue weighted by Gasteiger charge is -2.26. The highest BCUT2D eigenvalue weighted by atomic mass is 15.1. The van der Waals surface area contributed by atoms with Crippen molar-refractivity contribution in [3.63, 3.8) is 0 Å². The molecule has 0 spiro atoms. The fraction of sp³-hybridized carbons (Fsp3) is 0. The molecule has 0 aliphatic rings. The highest BCUT2D eigenvalue weighted by Gasteiger charge is 2.33. The molecule has 0 amide bonds. The lowest BCUT2D eigenvalue weighted by Crippen LogP contribution is -2.14. The normalized spacial score (nSPS) is 11.7. The molecule has 0 bridgehead atoms. The predicted octanol–water partition coefficient (Wildman–Crippen LogP) is 14.6. The minimum absolute atomic E-state index is 0.409. The van der Waals surface area contributed by atoms with Crippen LogP contribution < -0.4 is 0 Å². The van der Waals surface area contributed by atoms with Crippen molar-refractivity contribution in [3.8, 4) is 40.3 Å². The van der Waals surface area contributed by atoms with E-state index in [1.165, 1.54) is 0 Å². The van der Waals surface area contributed by atoms with Gasteiger partial charge in [0, 0.05) is 37.9 Å². The molecular formula is C58H35N5. The Labute approximate surface area is 363 Å². The minimum atomic E-state index is 0.409. The number of benzene rings is 9. The predicted molar refractivity (Wildman–Crippen MR) is 260 cm³/mol. The van der Waals surface area contributed by atoms with Crippen molar-refractivity contribution in [1.82, 2.24) is 13.7 Å². The molecule has 0 saturated carbocycles. The second-order valence-electron chi connectivity index (χ2n) is 15.9. The van der Waals surface area contributed by atoms with Crippen LogP contribution >= 0.6 is 0 Å². The van der Waals surface area contributed by atoms with Gasteiger partial charge in [-0.25, -0.2) is 0 Å². The third-order valence-corrected chi connectivity index (χ3v) is 12.5. The standard InChI is InChI=1S/C58H35N5/c59-36-47-55(40-34-32-39(33-35-40)31-30-38-16-2-1-3-17-38)48(37-60)57(62-51-26-12-6-20-43(51)44-21-7-13-27-52(44)62)58(63-53-28-14-8-22-45(53)46-23-9-15-29-54(46)63)56(47)61-49-24-10-4-18-41(49)42-19-5-11-25-50(42)61/h1-35H/b31-30+. The molecule has 292 valence electrons. The molecule has 3 heterocycles. The van der Waals surface area contributed by atoms with Gasteiger partial charge in [-0.1, -0.05) is 176 Å². The topological polar surface area (TPSA) is 62.4 Å². The molecule has 0 saturated heterocycles. The molecule has 5 nitrogen and oxygen atoms in total. The Balaban J connectivity index is 1.33. The highest BCUT2D eigenvalue weighted by molar-refractivity contribution is 6.15. The van der Waals surface area contributed by atoms with E-state index in [0.29, 0.717) is 28.1 Å². The number of para-hydroxylation sites is 6. The molecule has 0 N–H and O–H groups in total. The minimum Gasteiger partial charge on any atom is -0.306 e. The van der Waals surface area contributed by atoms with Crippen LogP contribution in [-0.4, -0.2) is 13.7 Å². The van der Waals surface area contributed by atoms with Crippen molar-refractivity contribution in [2.75, 3.05) is 0 Å². The molecule has 0 atom stereocenters. The van der Waals surface area contributed by atoms with E-state index in [4.69, 9.17) is 0 Å². The van der Waals surface area contributed by atoms with Gasteiger partial charge in [0.25, 0.3) is 0 Å². The van der Waals surface area contributed by atoms with Crippen LogP contribution in [0.25, 0.3) is 106 Å². The van der Waals surface area contributed by atoms with Crippen LogP contribution in [0.15, 0.2) is 200 Å². The number of hydrogen-bond acceptors (Lipinski definition) is 2. The first-order valence-corrected chi connectivity index (χ1v) is 21.1. The lowest BCUT2D eigenvalue weighted by atomic mass is 9.90. The molecule has 0 radical (unpaired) electrons. The van der Waals surface area contributed by atoms with Crippen LogP contribution in [0.5, 0.6) is 0 Å². The maximum absolute atomic E-state index is 11.9. The van der Waals surface area contributed by atoms with Gasteiger partial charge in [0.15, 0.2) is 0 Å². The van der Waals surface area contributed by atoms with Crippen LogP contribution in [0.3, 0.4) is 0 Å². The van der Waals surface area contributed by atoms with Crippen molar-refractivity contribution in [1.29, 1.82) is 10.5 Å². The second-order valence-corrected chi connectivity index (χ2v) is 15.9. The van der Waals surface area contributed by atoms with Crippen molar-refractivity contribution in [3.05, 3.63) is 222 Å². The number of rotatable bonds is 6. The van der Waals surface area contributed by atoms with Gasteiger partial charge in [0.1, 0.15) is 12.1 Å². The Kier molecular flexibility index (Phi) is 8.22. The number of nitriles is 2. The molecule has 12 rings (SSSR count). The second kappa shape index (κ2) is 14.4. The van der Waals surface area contributed by atoms with Gasteiger partial charge >= 0.3 is 0 Å². The van der Waals surface area contributed by atoms with E-state index in [2.05, 4.69) is 208 Å². The summed E-state index contributed by atoms with van der Waals surface area (Å²) in [6, 6.07) is 74.5. The Morgan fingerprint density at radius 3 is 0.921 bits per heavy atom. The summed E-state index contributed by atoms with van der Waals surface area (Å²) in [5, 5.41) is 30.3. The van der Waals surface area contributed by atoms with Crippen molar-refractivity contribution in [2.45, 2.75) is 0 Å². The van der Waals surface area contributed by atoms with Gasteiger partial charge in [-0.15, -0.1) is 0 Å². The van der Waals surface area contributed by atoms with Crippen molar-refractivity contribution < 1.29 is 0 Å². The first-order valence-electron chi connectivity index (χ1n) is 21.1. The Bertz CT molecular complexity index is 3610. The van der Waals surface area contributed by atoms with Crippen LogP contribution in [0.4, 0.5) is 0 Å². The highest BCUT2D eigenvalue weighted by Crippen LogP contribution is 2.48. The zero-order valence-corrected chi connectivity index (χ0v) is 33.9. The summed E-state index contributed by atoms with van der Waals surface area (Å²) in [7, 11) is 0. The molecule has 3 aromatic heterocycles. The van der Waals surface area contributed by atoms with E-state index in [0.717, 1.165) is 87.8 Å². The first kappa shape index (κ1) is 36.0. The molecule has 0 fully saturated rings. The smallest absolute Gasteiger partial charge is 0.102 e. The summed E-state index contributed by atoms with van der Waals surface area (Å²) in [6.07, 6.45) is 4.19. The average Bonchev–Trinajstić information content (AvgIpc) is 3.99. The lowest BCUT2D eigenvalue weighted by molar-refractivity contribution is 1.04. The summed E-state index contributed by atoms with van der Waals surface area (Å²) in [5.41, 5.74) is 12.2. The fourth-order valence-corrected chi connectivity index (χ4v) is 9.87. The summed E-state index contributed by atoms with van der Waals surface area (Å²) < 4.78 is 6.83. The zero-order valence-electron chi connectivity index (χ0n) is 33.9. The first-order chi connectivity index (χ1) is 31.2. The van der Waals surface area contributed by atoms with E-state index in [1.54, 1.807) is 0 Å². The molecule has 0 aliphatic heterocycles. The van der Waals surface area contributed by atoms with E-state index in [1.807, 2.05) is 30.3 Å². The SMILES string of the molecule is N#Cc1c(-c2ccc(/C=C/c3ccccc3)cc2)c(C#N)c(-n2c3ccccc3c3ccccc32)c(-n2c3ccccc3c3ccccc32)c1-n1c2ccccc2c2ccccc21. The van der Waals surface area contributed by atoms with Crippen molar-refractivity contribution >= 4 is 77.6 Å². The molecule has 5 heteroatoms. The summed E-state index contributed by atoms with van der Waals surface area (Å²) >= 11 is 0. The van der Waals surface area contributed by atoms with E-state index >= 15 is 0 Å². The number of fused-ring (bicyclic) bond motifs is 9. The molecule has 63 heavy (non-hydrogen) atoms. The summed E-state index contributed by atoms with van der Waals surface area (Å²) in [6.45, 7) is 0. The average molecular weight is 802 g/mol. The third kappa shape index (κ3) is 5.41. The molecular weight excluding hydrogens is 767 g/mol. The molecule has 12 aromatic rings. The van der Waals surface area contributed by atoms with E-state index in [9.17, 15) is 10.5 Å². The Morgan fingerprint density at radius 1 is 0.302 bits per heavy atom. The molecule has 9 aromatic carbocycles. The third-order valence-electron chi connectivity index (χ3n) is 12.5. The van der Waals surface area contributed by atoms with Gasteiger partial charge < -0.3 is 13.7 Å². The number of aromatic nitrogens is 3. The zero-order chi connectivity index (χ0) is 42.0. The molecule has 0 unspecified atom stereocenters. The van der Waals surface area contributed by atoms with Crippen LogP contribution in [-0.2, 0) is 0 Å². The van der Waals surface area contributed by atoms with Gasteiger partial charge in [0.05, 0.1) is 61.3 Å². The molecule has 0 aliphatic carbocycles. The van der Waals surface area contributed by atoms with Crippen LogP contribution in [0, 0.1) is 22.7 Å². The van der Waals surface area contributed by atoms with Crippen LogP contribution in [0.1, 0.15) is 22.3 Å². The maximum Gasteiger partial charge on any atom is 0.102 e. The largest absolute Gasteiger partial charge is 0.306 e. The maximum atomic E-state index is 11.9. The summed E-state index contributed by atoms with van der Waals surface area (Å²) in [5.74, 6) is 0. The summed E-state index contributed by atoms with van der Waals surface area (Å²) in [4.78, 5) is 0. The quantitative estimate of drug-likeness (QED) is 0.157. The fourth-order valence-electron chi connectivity index (χ4n) is 9.87. The van der Waals surface area contributed by atoms with Gasteiger partial charge in [0.2, 0.25) is 0 Å². The van der Waals surface area contributed by atoms with Gasteiger partial charge in [-0.3, -0.25) is 0 Å². The van der Waals surface area contributed by atoms with Crippen LogP contribution in [0.2, 0.25) is 0 Å². The number of hydrogen-bond donors (Lipinski definition) is 0. The van der Waals surface area contributed by atoms with Gasteiger partial charge in [-0.05, 0) is 53.1 Å². The monoisotopic (exact) mass is 801 g/mol. The Hall–Kier alpha value is -8.90.